The predicted molar refractivity (Wildman–Crippen MR) is 89.1 cm³/mol. The highest BCUT2D eigenvalue weighted by Gasteiger charge is 2.29. The first-order valence-corrected chi connectivity index (χ1v) is 8.24. The summed E-state index contributed by atoms with van der Waals surface area (Å²) in [6.45, 7) is 4.67. The highest BCUT2D eigenvalue weighted by Crippen LogP contribution is 2.39. The van der Waals surface area contributed by atoms with Gasteiger partial charge in [-0.2, -0.15) is 5.10 Å². The van der Waals surface area contributed by atoms with Crippen LogP contribution in [0.3, 0.4) is 0 Å². The molecule has 0 unspecified atom stereocenters. The zero-order chi connectivity index (χ0) is 14.6. The van der Waals surface area contributed by atoms with Gasteiger partial charge in [0.25, 0.3) is 0 Å². The summed E-state index contributed by atoms with van der Waals surface area (Å²) in [5.74, 6) is 0. The number of hydrogen-bond donors (Lipinski definition) is 3. The topological polar surface area (TPSA) is 56.5 Å². The van der Waals surface area contributed by atoms with Gasteiger partial charge in [-0.15, -0.1) is 11.3 Å². The lowest BCUT2D eigenvalue weighted by molar-refractivity contribution is 0.312. The second-order valence-electron chi connectivity index (χ2n) is 6.69. The van der Waals surface area contributed by atoms with Crippen molar-refractivity contribution in [2.75, 3.05) is 12.4 Å². The quantitative estimate of drug-likeness (QED) is 0.665. The van der Waals surface area contributed by atoms with Crippen LogP contribution in [0.2, 0.25) is 0 Å². The van der Waals surface area contributed by atoms with Crippen LogP contribution in [-0.2, 0) is 12.8 Å². The van der Waals surface area contributed by atoms with Gasteiger partial charge < -0.3 is 10.3 Å². The standard InChI is InChI=1S/C16H20N4S/c1-16(2)5-4-9-12(8-16)19-20-15(9)11-6-13-10(18-11)7-14(17-3)21-13/h6-7,17-18H,4-5,8H2,1-3H3,(H,19,20). The van der Waals surface area contributed by atoms with Gasteiger partial charge in [0.2, 0.25) is 0 Å². The molecule has 110 valence electrons. The molecule has 0 bridgehead atoms. The summed E-state index contributed by atoms with van der Waals surface area (Å²) in [6, 6.07) is 4.38. The van der Waals surface area contributed by atoms with Crippen LogP contribution in [0.5, 0.6) is 0 Å². The van der Waals surface area contributed by atoms with E-state index in [1.807, 2.05) is 7.05 Å². The molecule has 0 amide bonds. The summed E-state index contributed by atoms with van der Waals surface area (Å²) in [6.07, 6.45) is 3.43. The Bertz CT molecular complexity index is 774. The van der Waals surface area contributed by atoms with E-state index >= 15 is 0 Å². The summed E-state index contributed by atoms with van der Waals surface area (Å²) in [4.78, 5) is 3.51. The van der Waals surface area contributed by atoms with E-state index in [-0.39, 0.29) is 0 Å². The zero-order valence-corrected chi connectivity index (χ0v) is 13.4. The molecule has 5 heteroatoms. The third-order valence-corrected chi connectivity index (χ3v) is 5.57. The van der Waals surface area contributed by atoms with Crippen molar-refractivity contribution in [2.45, 2.75) is 33.1 Å². The van der Waals surface area contributed by atoms with E-state index in [2.05, 4.69) is 46.5 Å². The van der Waals surface area contributed by atoms with Crippen molar-refractivity contribution >= 4 is 26.6 Å². The number of fused-ring (bicyclic) bond motifs is 2. The number of H-pyrrole nitrogens is 2. The first-order valence-electron chi connectivity index (χ1n) is 7.42. The molecule has 0 atom stereocenters. The van der Waals surface area contributed by atoms with Gasteiger partial charge in [0.05, 0.1) is 20.9 Å². The number of thiophene rings is 1. The number of aromatic nitrogens is 3. The van der Waals surface area contributed by atoms with Gasteiger partial charge in [0.1, 0.15) is 5.69 Å². The molecule has 0 aromatic carbocycles. The number of nitrogens with one attached hydrogen (secondary N) is 3. The van der Waals surface area contributed by atoms with Crippen molar-refractivity contribution in [1.82, 2.24) is 15.2 Å². The smallest absolute Gasteiger partial charge is 0.112 e. The monoisotopic (exact) mass is 300 g/mol. The van der Waals surface area contributed by atoms with Gasteiger partial charge in [0, 0.05) is 18.3 Å². The van der Waals surface area contributed by atoms with Crippen LogP contribution in [0.25, 0.3) is 21.6 Å². The molecule has 0 saturated carbocycles. The molecule has 0 spiro atoms. The fourth-order valence-corrected chi connectivity index (χ4v) is 4.16. The average molecular weight is 300 g/mol. The minimum atomic E-state index is 0.384. The van der Waals surface area contributed by atoms with Crippen molar-refractivity contribution < 1.29 is 0 Å². The minimum Gasteiger partial charge on any atom is -0.380 e. The van der Waals surface area contributed by atoms with Crippen LogP contribution in [0.15, 0.2) is 12.1 Å². The SMILES string of the molecule is CNc1cc2[nH]c(-c3n[nH]c4c3CCC(C)(C)C4)cc2s1. The first-order chi connectivity index (χ1) is 10.1. The Morgan fingerprint density at radius 3 is 2.95 bits per heavy atom. The molecule has 0 aliphatic heterocycles. The van der Waals surface area contributed by atoms with E-state index < -0.39 is 0 Å². The van der Waals surface area contributed by atoms with E-state index in [4.69, 9.17) is 0 Å². The summed E-state index contributed by atoms with van der Waals surface area (Å²) in [5, 5.41) is 12.2. The lowest BCUT2D eigenvalue weighted by Gasteiger charge is -2.28. The summed E-state index contributed by atoms with van der Waals surface area (Å²) in [7, 11) is 1.96. The Hall–Kier alpha value is -1.75. The van der Waals surface area contributed by atoms with Crippen LogP contribution in [0.1, 0.15) is 31.5 Å². The molecule has 3 aromatic rings. The largest absolute Gasteiger partial charge is 0.380 e. The van der Waals surface area contributed by atoms with Crippen LogP contribution in [0.4, 0.5) is 5.00 Å². The summed E-state index contributed by atoms with van der Waals surface area (Å²) >= 11 is 1.77. The highest BCUT2D eigenvalue weighted by molar-refractivity contribution is 7.22. The third kappa shape index (κ3) is 2.07. The molecule has 0 radical (unpaired) electrons. The van der Waals surface area contributed by atoms with Gasteiger partial charge in [-0.3, -0.25) is 5.10 Å². The van der Waals surface area contributed by atoms with Crippen LogP contribution >= 0.6 is 11.3 Å². The minimum absolute atomic E-state index is 0.384. The Labute approximate surface area is 128 Å². The van der Waals surface area contributed by atoms with E-state index in [1.165, 1.54) is 32.9 Å². The number of nitrogens with zero attached hydrogens (tertiary/aromatic N) is 1. The maximum absolute atomic E-state index is 4.58. The summed E-state index contributed by atoms with van der Waals surface area (Å²) in [5.41, 5.74) is 6.53. The maximum atomic E-state index is 4.58. The number of hydrogen-bond acceptors (Lipinski definition) is 3. The van der Waals surface area contributed by atoms with Gasteiger partial charge in [-0.05, 0) is 36.8 Å². The molecule has 0 fully saturated rings. The van der Waals surface area contributed by atoms with E-state index in [0.717, 1.165) is 24.2 Å². The molecule has 3 N–H and O–H groups in total. The normalized spacial score (nSPS) is 17.1. The fourth-order valence-electron chi connectivity index (χ4n) is 3.24. The van der Waals surface area contributed by atoms with Crippen molar-refractivity contribution in [3.05, 3.63) is 23.4 Å². The van der Waals surface area contributed by atoms with Gasteiger partial charge in [-0.1, -0.05) is 13.8 Å². The average Bonchev–Trinajstić information content (AvgIpc) is 3.07. The van der Waals surface area contributed by atoms with E-state index in [9.17, 15) is 0 Å². The first kappa shape index (κ1) is 13.0. The Kier molecular flexibility index (Phi) is 2.70. The molecular weight excluding hydrogens is 280 g/mol. The Morgan fingerprint density at radius 2 is 2.19 bits per heavy atom. The molecule has 3 aromatic heterocycles. The lowest BCUT2D eigenvalue weighted by Crippen LogP contribution is -2.21. The third-order valence-electron chi connectivity index (χ3n) is 4.47. The van der Waals surface area contributed by atoms with Crippen LogP contribution < -0.4 is 5.32 Å². The molecule has 3 heterocycles. The van der Waals surface area contributed by atoms with Gasteiger partial charge in [-0.25, -0.2) is 0 Å². The van der Waals surface area contributed by atoms with Crippen molar-refractivity contribution in [3.8, 4) is 11.4 Å². The van der Waals surface area contributed by atoms with Crippen molar-refractivity contribution in [3.63, 3.8) is 0 Å². The predicted octanol–water partition coefficient (Wildman–Crippen LogP) is 4.18. The van der Waals surface area contributed by atoms with Crippen LogP contribution in [0, 0.1) is 5.41 Å². The van der Waals surface area contributed by atoms with E-state index in [1.54, 1.807) is 11.3 Å². The molecule has 4 rings (SSSR count). The van der Waals surface area contributed by atoms with Gasteiger partial charge >= 0.3 is 0 Å². The molecule has 0 saturated heterocycles. The lowest BCUT2D eigenvalue weighted by atomic mass is 9.76. The van der Waals surface area contributed by atoms with Crippen molar-refractivity contribution in [2.24, 2.45) is 5.41 Å². The Balaban J connectivity index is 1.75. The second-order valence-corrected chi connectivity index (χ2v) is 7.78. The molecule has 4 nitrogen and oxygen atoms in total. The number of rotatable bonds is 2. The molecular formula is C16H20N4S. The summed E-state index contributed by atoms with van der Waals surface area (Å²) < 4.78 is 1.28. The number of anilines is 1. The zero-order valence-electron chi connectivity index (χ0n) is 12.6. The van der Waals surface area contributed by atoms with E-state index in [0.29, 0.717) is 5.41 Å². The maximum Gasteiger partial charge on any atom is 0.112 e. The fraction of sp³-hybridized carbons (Fsp3) is 0.438. The molecule has 1 aliphatic rings. The van der Waals surface area contributed by atoms with Crippen molar-refractivity contribution in [1.29, 1.82) is 0 Å². The Morgan fingerprint density at radius 1 is 1.33 bits per heavy atom. The second kappa shape index (κ2) is 4.37. The molecule has 1 aliphatic carbocycles. The van der Waals surface area contributed by atoms with Gasteiger partial charge in [0.15, 0.2) is 0 Å². The highest BCUT2D eigenvalue weighted by atomic mass is 32.1. The van der Waals surface area contributed by atoms with Crippen LogP contribution in [-0.4, -0.2) is 22.2 Å². The number of aromatic amines is 2. The molecule has 21 heavy (non-hydrogen) atoms.